The van der Waals surface area contributed by atoms with Gasteiger partial charge in [-0.1, -0.05) is 13.0 Å². The summed E-state index contributed by atoms with van der Waals surface area (Å²) in [5.74, 6) is -0.0365. The zero-order valence-electron chi connectivity index (χ0n) is 11.1. The number of aryl methyl sites for hydroxylation is 2. The van der Waals surface area contributed by atoms with Crippen LogP contribution in [0.15, 0.2) is 12.1 Å². The Labute approximate surface area is 107 Å². The summed E-state index contributed by atoms with van der Waals surface area (Å²) in [6.45, 7) is 6.06. The average Bonchev–Trinajstić information content (AvgIpc) is 2.62. The first-order valence-corrected chi connectivity index (χ1v) is 6.35. The van der Waals surface area contributed by atoms with E-state index in [1.807, 2.05) is 26.8 Å². The third kappa shape index (κ3) is 2.26. The first kappa shape index (κ1) is 13.1. The molecular weight excluding hydrogens is 228 g/mol. The van der Waals surface area contributed by atoms with Crippen LogP contribution >= 0.6 is 0 Å². The Morgan fingerprint density at radius 2 is 2.17 bits per heavy atom. The van der Waals surface area contributed by atoms with Gasteiger partial charge >= 0.3 is 0 Å². The quantitative estimate of drug-likeness (QED) is 0.759. The fourth-order valence-electron chi connectivity index (χ4n) is 2.50. The Morgan fingerprint density at radius 1 is 1.44 bits per heavy atom. The highest BCUT2D eigenvalue weighted by Crippen LogP contribution is 2.34. The number of anilines is 1. The van der Waals surface area contributed by atoms with E-state index in [1.165, 1.54) is 0 Å². The molecule has 0 aromatic heterocycles. The molecule has 0 aliphatic carbocycles. The summed E-state index contributed by atoms with van der Waals surface area (Å²) >= 11 is 0. The van der Waals surface area contributed by atoms with E-state index in [9.17, 15) is 9.90 Å². The number of carbonyl (C=O) groups excluding carboxylic acids is 1. The number of carbonyl (C=O) groups is 1. The van der Waals surface area contributed by atoms with Gasteiger partial charge in [0.2, 0.25) is 5.91 Å². The molecule has 2 rings (SSSR count). The summed E-state index contributed by atoms with van der Waals surface area (Å²) in [6, 6.07) is 3.67. The van der Waals surface area contributed by atoms with Gasteiger partial charge in [-0.3, -0.25) is 10.1 Å². The SMILES string of the molecule is CCC(CO)NC1C(=O)Nc2cc(C)cc(C)c21. The molecule has 2 atom stereocenters. The largest absolute Gasteiger partial charge is 0.395 e. The van der Waals surface area contributed by atoms with Crippen LogP contribution < -0.4 is 10.6 Å². The Kier molecular flexibility index (Phi) is 3.68. The maximum Gasteiger partial charge on any atom is 0.246 e. The lowest BCUT2D eigenvalue weighted by Gasteiger charge is -2.20. The first-order chi connectivity index (χ1) is 8.56. The van der Waals surface area contributed by atoms with Crippen molar-refractivity contribution in [3.05, 3.63) is 28.8 Å². The number of rotatable bonds is 4. The molecule has 0 saturated heterocycles. The number of fused-ring (bicyclic) bond motifs is 1. The van der Waals surface area contributed by atoms with Gasteiger partial charge in [0.15, 0.2) is 0 Å². The van der Waals surface area contributed by atoms with Crippen molar-refractivity contribution in [1.29, 1.82) is 0 Å². The molecule has 0 radical (unpaired) electrons. The van der Waals surface area contributed by atoms with Gasteiger partial charge in [-0.25, -0.2) is 0 Å². The first-order valence-electron chi connectivity index (χ1n) is 6.35. The molecule has 4 nitrogen and oxygen atoms in total. The Bertz CT molecular complexity index is 467. The van der Waals surface area contributed by atoms with Gasteiger partial charge in [0, 0.05) is 17.3 Å². The van der Waals surface area contributed by atoms with Crippen molar-refractivity contribution >= 4 is 11.6 Å². The molecule has 18 heavy (non-hydrogen) atoms. The number of benzene rings is 1. The molecule has 1 aliphatic rings. The summed E-state index contributed by atoms with van der Waals surface area (Å²) in [4.78, 5) is 12.0. The number of aliphatic hydroxyl groups is 1. The van der Waals surface area contributed by atoms with Crippen molar-refractivity contribution in [2.24, 2.45) is 0 Å². The minimum atomic E-state index is -0.349. The molecule has 1 aromatic rings. The van der Waals surface area contributed by atoms with Crippen molar-refractivity contribution in [2.75, 3.05) is 11.9 Å². The summed E-state index contributed by atoms with van der Waals surface area (Å²) in [5, 5.41) is 15.4. The van der Waals surface area contributed by atoms with Crippen molar-refractivity contribution < 1.29 is 9.90 Å². The van der Waals surface area contributed by atoms with E-state index in [1.54, 1.807) is 0 Å². The van der Waals surface area contributed by atoms with Crippen LogP contribution in [0.4, 0.5) is 5.69 Å². The number of hydrogen-bond acceptors (Lipinski definition) is 3. The highest BCUT2D eigenvalue weighted by molar-refractivity contribution is 6.03. The molecule has 98 valence electrons. The zero-order chi connectivity index (χ0) is 13.3. The molecule has 1 amide bonds. The second kappa shape index (κ2) is 5.08. The van der Waals surface area contributed by atoms with Crippen LogP contribution in [0, 0.1) is 13.8 Å². The van der Waals surface area contributed by atoms with Crippen LogP contribution in [0.5, 0.6) is 0 Å². The van der Waals surface area contributed by atoms with Gasteiger partial charge in [0.1, 0.15) is 6.04 Å². The molecule has 0 spiro atoms. The van der Waals surface area contributed by atoms with Crippen LogP contribution in [0.1, 0.15) is 36.1 Å². The third-order valence-electron chi connectivity index (χ3n) is 3.46. The van der Waals surface area contributed by atoms with Gasteiger partial charge in [-0.05, 0) is 37.5 Å². The minimum absolute atomic E-state index is 0.0365. The molecule has 1 aromatic carbocycles. The van der Waals surface area contributed by atoms with Crippen molar-refractivity contribution in [1.82, 2.24) is 5.32 Å². The van der Waals surface area contributed by atoms with Gasteiger partial charge in [0.05, 0.1) is 6.61 Å². The molecule has 1 aliphatic heterocycles. The van der Waals surface area contributed by atoms with Crippen molar-refractivity contribution in [2.45, 2.75) is 39.3 Å². The molecular formula is C14H20N2O2. The van der Waals surface area contributed by atoms with Crippen molar-refractivity contribution in [3.8, 4) is 0 Å². The smallest absolute Gasteiger partial charge is 0.246 e. The molecule has 0 saturated carbocycles. The average molecular weight is 248 g/mol. The fourth-order valence-corrected chi connectivity index (χ4v) is 2.50. The summed E-state index contributed by atoms with van der Waals surface area (Å²) in [7, 11) is 0. The highest BCUT2D eigenvalue weighted by Gasteiger charge is 2.33. The second-order valence-electron chi connectivity index (χ2n) is 4.92. The number of amides is 1. The normalized spacial score (nSPS) is 19.6. The summed E-state index contributed by atoms with van der Waals surface area (Å²) < 4.78 is 0. The molecule has 3 N–H and O–H groups in total. The van der Waals surface area contributed by atoms with Crippen LogP contribution in [-0.2, 0) is 4.79 Å². The van der Waals surface area contributed by atoms with Crippen molar-refractivity contribution in [3.63, 3.8) is 0 Å². The van der Waals surface area contributed by atoms with E-state index in [-0.39, 0.29) is 24.6 Å². The third-order valence-corrected chi connectivity index (χ3v) is 3.46. The number of aliphatic hydroxyl groups excluding tert-OH is 1. The molecule has 4 heteroatoms. The second-order valence-corrected chi connectivity index (χ2v) is 4.92. The fraction of sp³-hybridized carbons (Fsp3) is 0.500. The van der Waals surface area contributed by atoms with Crippen LogP contribution in [-0.4, -0.2) is 23.7 Å². The van der Waals surface area contributed by atoms with Crippen LogP contribution in [0.3, 0.4) is 0 Å². The minimum Gasteiger partial charge on any atom is -0.395 e. The molecule has 0 bridgehead atoms. The van der Waals surface area contributed by atoms with E-state index >= 15 is 0 Å². The number of nitrogens with one attached hydrogen (secondary N) is 2. The predicted molar refractivity (Wildman–Crippen MR) is 71.6 cm³/mol. The lowest BCUT2D eigenvalue weighted by molar-refractivity contribution is -0.117. The van der Waals surface area contributed by atoms with E-state index in [0.717, 1.165) is 28.8 Å². The molecule has 1 heterocycles. The van der Waals surface area contributed by atoms with E-state index in [0.29, 0.717) is 0 Å². The molecule has 0 fully saturated rings. The van der Waals surface area contributed by atoms with Gasteiger partial charge < -0.3 is 10.4 Å². The Balaban J connectivity index is 2.33. The predicted octanol–water partition coefficient (Wildman–Crippen LogP) is 1.66. The van der Waals surface area contributed by atoms with Gasteiger partial charge in [-0.15, -0.1) is 0 Å². The monoisotopic (exact) mass is 248 g/mol. The van der Waals surface area contributed by atoms with Gasteiger partial charge in [-0.2, -0.15) is 0 Å². The van der Waals surface area contributed by atoms with Crippen LogP contribution in [0.25, 0.3) is 0 Å². The Hall–Kier alpha value is -1.39. The summed E-state index contributed by atoms with van der Waals surface area (Å²) in [5.41, 5.74) is 4.15. The summed E-state index contributed by atoms with van der Waals surface area (Å²) in [6.07, 6.45) is 0.792. The lowest BCUT2D eigenvalue weighted by atomic mass is 9.99. The van der Waals surface area contributed by atoms with Crippen LogP contribution in [0.2, 0.25) is 0 Å². The lowest BCUT2D eigenvalue weighted by Crippen LogP contribution is -2.38. The number of hydrogen-bond donors (Lipinski definition) is 3. The maximum absolute atomic E-state index is 12.0. The van der Waals surface area contributed by atoms with E-state index in [2.05, 4.69) is 16.7 Å². The van der Waals surface area contributed by atoms with Gasteiger partial charge in [0.25, 0.3) is 0 Å². The molecule has 2 unspecified atom stereocenters. The van der Waals surface area contributed by atoms with E-state index in [4.69, 9.17) is 0 Å². The standard InChI is InChI=1S/C14H20N2O2/c1-4-10(7-17)15-13-12-9(3)5-8(2)6-11(12)16-14(13)18/h5-6,10,13,15,17H,4,7H2,1-3H3,(H,16,18). The topological polar surface area (TPSA) is 61.4 Å². The van der Waals surface area contributed by atoms with E-state index < -0.39 is 0 Å². The zero-order valence-corrected chi connectivity index (χ0v) is 11.1. The Morgan fingerprint density at radius 3 is 2.78 bits per heavy atom. The highest BCUT2D eigenvalue weighted by atomic mass is 16.3. The maximum atomic E-state index is 12.0.